The van der Waals surface area contributed by atoms with E-state index in [9.17, 15) is 13.2 Å². The fourth-order valence-corrected chi connectivity index (χ4v) is 1.94. The minimum absolute atomic E-state index is 0.239. The van der Waals surface area contributed by atoms with Crippen molar-refractivity contribution in [3.63, 3.8) is 0 Å². The normalized spacial score (nSPS) is 18.8. The Bertz CT molecular complexity index is 218. The van der Waals surface area contributed by atoms with Crippen LogP contribution in [-0.4, -0.2) is 5.51 Å². The van der Waals surface area contributed by atoms with Gasteiger partial charge in [0.2, 0.25) is 0 Å². The summed E-state index contributed by atoms with van der Waals surface area (Å²) in [6, 6.07) is 0. The molecule has 0 nitrogen and oxygen atoms in total. The Balaban J connectivity index is 2.18. The van der Waals surface area contributed by atoms with Crippen molar-refractivity contribution < 1.29 is 13.2 Å². The zero-order valence-corrected chi connectivity index (χ0v) is 8.68. The van der Waals surface area contributed by atoms with Crippen LogP contribution in [0.1, 0.15) is 38.5 Å². The topological polar surface area (TPSA) is 0 Å². The molecule has 14 heavy (non-hydrogen) atoms. The molecule has 0 spiro atoms. The molecular weight excluding hydrogens is 209 g/mol. The number of halogens is 3. The van der Waals surface area contributed by atoms with Crippen molar-refractivity contribution in [1.29, 1.82) is 0 Å². The van der Waals surface area contributed by atoms with Crippen molar-refractivity contribution in [2.75, 3.05) is 0 Å². The summed E-state index contributed by atoms with van der Waals surface area (Å²) in [5, 5.41) is 2.11. The van der Waals surface area contributed by atoms with Gasteiger partial charge in [0.15, 0.2) is 0 Å². The Morgan fingerprint density at radius 1 is 1.14 bits per heavy atom. The molecular formula is C10H13F3S. The maximum absolute atomic E-state index is 11.7. The molecule has 0 atom stereocenters. The molecule has 0 N–H and O–H groups in total. The third-order valence-electron chi connectivity index (χ3n) is 2.35. The highest BCUT2D eigenvalue weighted by Crippen LogP contribution is 2.29. The standard InChI is InChI=1S/C10H13F3S/c11-10(12,13)14-8-4-7-9-5-2-1-3-6-9/h9H,1-3,5-7H2. The van der Waals surface area contributed by atoms with Gasteiger partial charge in [0.1, 0.15) is 0 Å². The summed E-state index contributed by atoms with van der Waals surface area (Å²) in [5.74, 6) is 3.14. The van der Waals surface area contributed by atoms with E-state index < -0.39 is 5.51 Å². The van der Waals surface area contributed by atoms with Gasteiger partial charge in [-0.05, 0) is 24.0 Å². The zero-order chi connectivity index (χ0) is 10.4. The summed E-state index contributed by atoms with van der Waals surface area (Å²) >= 11 is -0.239. The van der Waals surface area contributed by atoms with Crippen LogP contribution in [-0.2, 0) is 0 Å². The molecule has 1 saturated carbocycles. The second-order valence-corrected chi connectivity index (χ2v) is 4.41. The number of thioether (sulfide) groups is 1. The lowest BCUT2D eigenvalue weighted by Gasteiger charge is -2.18. The predicted molar refractivity (Wildman–Crippen MR) is 52.6 cm³/mol. The summed E-state index contributed by atoms with van der Waals surface area (Å²) in [7, 11) is 0. The second-order valence-electron chi connectivity index (χ2n) is 3.53. The third-order valence-corrected chi connectivity index (χ3v) is 2.83. The van der Waals surface area contributed by atoms with E-state index in [0.717, 1.165) is 12.8 Å². The van der Waals surface area contributed by atoms with Crippen LogP contribution in [0.3, 0.4) is 0 Å². The van der Waals surface area contributed by atoms with Gasteiger partial charge in [-0.25, -0.2) is 0 Å². The fraction of sp³-hybridized carbons (Fsp3) is 0.800. The van der Waals surface area contributed by atoms with Crippen LogP contribution in [0.5, 0.6) is 0 Å². The lowest BCUT2D eigenvalue weighted by Crippen LogP contribution is -2.04. The molecule has 0 radical (unpaired) electrons. The van der Waals surface area contributed by atoms with Gasteiger partial charge in [-0.2, -0.15) is 13.2 Å². The van der Waals surface area contributed by atoms with Crippen molar-refractivity contribution in [2.24, 2.45) is 5.92 Å². The molecule has 0 aromatic heterocycles. The zero-order valence-electron chi connectivity index (χ0n) is 7.86. The number of rotatable bonds is 1. The lowest BCUT2D eigenvalue weighted by molar-refractivity contribution is -0.0318. The Morgan fingerprint density at radius 3 is 2.36 bits per heavy atom. The smallest absolute Gasteiger partial charge is 0.160 e. The maximum Gasteiger partial charge on any atom is 0.453 e. The summed E-state index contributed by atoms with van der Waals surface area (Å²) in [4.78, 5) is 0. The van der Waals surface area contributed by atoms with E-state index in [-0.39, 0.29) is 11.8 Å². The lowest BCUT2D eigenvalue weighted by atomic mass is 9.87. The molecule has 0 unspecified atom stereocenters. The highest BCUT2D eigenvalue weighted by molar-refractivity contribution is 8.04. The van der Waals surface area contributed by atoms with Crippen LogP contribution >= 0.6 is 11.8 Å². The average molecular weight is 222 g/mol. The Hall–Kier alpha value is -0.300. The molecule has 0 bridgehead atoms. The van der Waals surface area contributed by atoms with Crippen LogP contribution in [0.4, 0.5) is 13.2 Å². The molecule has 0 amide bonds. The fourth-order valence-electron chi connectivity index (χ4n) is 1.67. The maximum atomic E-state index is 11.7. The summed E-state index contributed by atoms with van der Waals surface area (Å²) in [5.41, 5.74) is -4.21. The number of alkyl halides is 3. The van der Waals surface area contributed by atoms with E-state index in [1.54, 1.807) is 0 Å². The first kappa shape index (κ1) is 11.8. The average Bonchev–Trinajstić information content (AvgIpc) is 2.13. The summed E-state index contributed by atoms with van der Waals surface area (Å²) < 4.78 is 35.0. The molecule has 80 valence electrons. The Kier molecular flexibility index (Phi) is 4.67. The predicted octanol–water partition coefficient (Wildman–Crippen LogP) is 4.17. The highest BCUT2D eigenvalue weighted by Gasteiger charge is 2.27. The van der Waals surface area contributed by atoms with Gasteiger partial charge in [-0.3, -0.25) is 0 Å². The first-order valence-corrected chi connectivity index (χ1v) is 5.62. The van der Waals surface area contributed by atoms with Gasteiger partial charge >= 0.3 is 5.51 Å². The molecule has 0 aliphatic heterocycles. The van der Waals surface area contributed by atoms with Crippen molar-refractivity contribution in [3.8, 4) is 11.2 Å². The summed E-state index contributed by atoms with van der Waals surface area (Å²) in [6.07, 6.45) is 6.57. The minimum Gasteiger partial charge on any atom is -0.160 e. The van der Waals surface area contributed by atoms with Crippen molar-refractivity contribution in [3.05, 3.63) is 0 Å². The molecule has 0 aromatic carbocycles. The van der Waals surface area contributed by atoms with Crippen molar-refractivity contribution >= 4 is 11.8 Å². The molecule has 1 aliphatic carbocycles. The third kappa shape index (κ3) is 5.43. The number of hydrogen-bond acceptors (Lipinski definition) is 1. The van der Waals surface area contributed by atoms with E-state index >= 15 is 0 Å². The molecule has 1 aliphatic rings. The minimum atomic E-state index is -4.21. The molecule has 1 rings (SSSR count). The summed E-state index contributed by atoms with van der Waals surface area (Å²) in [6.45, 7) is 0. The van der Waals surface area contributed by atoms with Gasteiger partial charge in [-0.15, -0.1) is 0 Å². The van der Waals surface area contributed by atoms with E-state index in [2.05, 4.69) is 11.2 Å². The molecule has 4 heteroatoms. The monoisotopic (exact) mass is 222 g/mol. The quantitative estimate of drug-likeness (QED) is 0.600. The van der Waals surface area contributed by atoms with Gasteiger partial charge < -0.3 is 0 Å². The van der Waals surface area contributed by atoms with Gasteiger partial charge in [0.05, 0.1) is 0 Å². The first-order valence-electron chi connectivity index (χ1n) is 4.80. The Labute approximate surface area is 86.6 Å². The SMILES string of the molecule is FC(F)(F)SC#CCC1CCCCC1. The number of hydrogen-bond donors (Lipinski definition) is 0. The van der Waals surface area contributed by atoms with E-state index in [0.29, 0.717) is 12.3 Å². The largest absolute Gasteiger partial charge is 0.453 e. The van der Waals surface area contributed by atoms with Crippen LogP contribution in [0.2, 0.25) is 0 Å². The van der Waals surface area contributed by atoms with Crippen LogP contribution in [0.15, 0.2) is 0 Å². The van der Waals surface area contributed by atoms with Crippen LogP contribution in [0, 0.1) is 17.1 Å². The molecule has 0 saturated heterocycles. The van der Waals surface area contributed by atoms with Gasteiger partial charge in [0, 0.05) is 18.2 Å². The highest BCUT2D eigenvalue weighted by atomic mass is 32.2. The molecule has 0 heterocycles. The van der Waals surface area contributed by atoms with Gasteiger partial charge in [-0.1, -0.05) is 25.2 Å². The first-order chi connectivity index (χ1) is 6.58. The second kappa shape index (κ2) is 5.55. The van der Waals surface area contributed by atoms with Crippen molar-refractivity contribution in [2.45, 2.75) is 44.0 Å². The van der Waals surface area contributed by atoms with E-state index in [1.165, 1.54) is 19.3 Å². The van der Waals surface area contributed by atoms with Crippen LogP contribution in [0.25, 0.3) is 0 Å². The van der Waals surface area contributed by atoms with Gasteiger partial charge in [0.25, 0.3) is 0 Å². The van der Waals surface area contributed by atoms with E-state index in [1.807, 2.05) is 0 Å². The molecule has 1 fully saturated rings. The van der Waals surface area contributed by atoms with Crippen LogP contribution < -0.4 is 0 Å². The Morgan fingerprint density at radius 2 is 1.79 bits per heavy atom. The molecule has 0 aromatic rings. The van der Waals surface area contributed by atoms with Crippen molar-refractivity contribution in [1.82, 2.24) is 0 Å². The van der Waals surface area contributed by atoms with E-state index in [4.69, 9.17) is 0 Å².